The van der Waals surface area contributed by atoms with Crippen LogP contribution in [0, 0.1) is 5.92 Å². The van der Waals surface area contributed by atoms with Gasteiger partial charge in [-0.3, -0.25) is 4.68 Å². The monoisotopic (exact) mass is 261 g/mol. The Labute approximate surface area is 104 Å². The molecule has 1 N–H and O–H groups in total. The second-order valence-corrected chi connectivity index (χ2v) is 4.82. The van der Waals surface area contributed by atoms with Gasteiger partial charge in [0, 0.05) is 18.8 Å². The van der Waals surface area contributed by atoms with Crippen molar-refractivity contribution >= 4 is 0 Å². The van der Waals surface area contributed by atoms with Crippen LogP contribution >= 0.6 is 0 Å². The zero-order chi connectivity index (χ0) is 13.2. The van der Waals surface area contributed by atoms with Gasteiger partial charge in [-0.15, -0.1) is 0 Å². The van der Waals surface area contributed by atoms with Crippen molar-refractivity contribution in [3.63, 3.8) is 0 Å². The Bertz CT molecular complexity index is 386. The molecule has 1 aromatic rings. The summed E-state index contributed by atoms with van der Waals surface area (Å²) in [6.07, 6.45) is 0.552. The third-order valence-corrected chi connectivity index (χ3v) is 3.45. The number of hydrogen-bond donors (Lipinski definition) is 1. The van der Waals surface area contributed by atoms with E-state index in [1.54, 1.807) is 10.9 Å². The molecule has 0 amide bonds. The molecule has 0 aliphatic carbocycles. The first kappa shape index (κ1) is 13.4. The first-order valence-corrected chi connectivity index (χ1v) is 6.30. The summed E-state index contributed by atoms with van der Waals surface area (Å²) < 4.78 is 39.8. The van der Waals surface area contributed by atoms with E-state index in [0.29, 0.717) is 13.0 Å². The summed E-state index contributed by atoms with van der Waals surface area (Å²) in [6.45, 7) is 3.20. The molecule has 3 nitrogen and oxygen atoms in total. The molecule has 0 aromatic carbocycles. The van der Waals surface area contributed by atoms with Crippen molar-refractivity contribution in [2.45, 2.75) is 44.9 Å². The van der Waals surface area contributed by atoms with Gasteiger partial charge in [0.15, 0.2) is 0 Å². The number of piperidine rings is 1. The topological polar surface area (TPSA) is 29.9 Å². The van der Waals surface area contributed by atoms with Gasteiger partial charge in [-0.05, 0) is 38.3 Å². The molecule has 1 aliphatic heterocycles. The van der Waals surface area contributed by atoms with Crippen LogP contribution in [-0.4, -0.2) is 28.5 Å². The lowest BCUT2D eigenvalue weighted by atomic mass is 9.89. The lowest BCUT2D eigenvalue weighted by molar-refractivity contribution is -0.183. The van der Waals surface area contributed by atoms with Crippen molar-refractivity contribution in [3.05, 3.63) is 18.0 Å². The first-order valence-electron chi connectivity index (χ1n) is 6.30. The van der Waals surface area contributed by atoms with Gasteiger partial charge >= 0.3 is 6.18 Å². The van der Waals surface area contributed by atoms with E-state index in [1.165, 1.54) is 0 Å². The predicted molar refractivity (Wildman–Crippen MR) is 62.2 cm³/mol. The molecule has 102 valence electrons. The molecule has 1 aliphatic rings. The zero-order valence-corrected chi connectivity index (χ0v) is 10.4. The van der Waals surface area contributed by atoms with E-state index in [2.05, 4.69) is 10.4 Å². The molecular weight excluding hydrogens is 243 g/mol. The Balaban J connectivity index is 1.93. The van der Waals surface area contributed by atoms with Gasteiger partial charge in [-0.25, -0.2) is 0 Å². The van der Waals surface area contributed by atoms with Crippen LogP contribution in [0.15, 0.2) is 12.4 Å². The van der Waals surface area contributed by atoms with Gasteiger partial charge in [-0.2, -0.15) is 18.3 Å². The fourth-order valence-electron chi connectivity index (χ4n) is 2.43. The molecule has 2 rings (SSSR count). The summed E-state index contributed by atoms with van der Waals surface area (Å²) in [5, 5.41) is 7.29. The second kappa shape index (κ2) is 5.30. The van der Waals surface area contributed by atoms with Gasteiger partial charge in [0.2, 0.25) is 0 Å². The smallest absolute Gasteiger partial charge is 0.314 e. The summed E-state index contributed by atoms with van der Waals surface area (Å²) in [5.74, 6) is -1.16. The maximum atomic E-state index is 12.7. The maximum Gasteiger partial charge on any atom is 0.391 e. The quantitative estimate of drug-likeness (QED) is 0.905. The van der Waals surface area contributed by atoms with E-state index in [-0.39, 0.29) is 18.9 Å². The average Bonchev–Trinajstić information content (AvgIpc) is 2.76. The van der Waals surface area contributed by atoms with Crippen LogP contribution < -0.4 is 5.32 Å². The molecule has 0 radical (unpaired) electrons. The number of halogens is 3. The third kappa shape index (κ3) is 3.25. The minimum Gasteiger partial charge on any atom is -0.314 e. The fourth-order valence-corrected chi connectivity index (χ4v) is 2.43. The van der Waals surface area contributed by atoms with E-state index in [9.17, 15) is 13.2 Å². The number of alkyl halides is 3. The standard InChI is InChI=1S/C12H18F3N3/c1-2-18-8-9(7-17-18)5-11-6-10(3-4-16-11)12(13,14)15/h7-8,10-11,16H,2-6H2,1H3. The molecule has 2 unspecified atom stereocenters. The Hall–Kier alpha value is -1.04. The van der Waals surface area contributed by atoms with Crippen LogP contribution in [-0.2, 0) is 13.0 Å². The third-order valence-electron chi connectivity index (χ3n) is 3.45. The van der Waals surface area contributed by atoms with Gasteiger partial charge < -0.3 is 5.32 Å². The number of aromatic nitrogens is 2. The molecule has 1 fully saturated rings. The van der Waals surface area contributed by atoms with Gasteiger partial charge in [0.25, 0.3) is 0 Å². The largest absolute Gasteiger partial charge is 0.391 e. The number of rotatable bonds is 3. The molecule has 2 heterocycles. The van der Waals surface area contributed by atoms with Crippen LogP contribution in [0.5, 0.6) is 0 Å². The molecule has 0 bridgehead atoms. The first-order chi connectivity index (χ1) is 8.49. The van der Waals surface area contributed by atoms with Crippen molar-refractivity contribution in [1.29, 1.82) is 0 Å². The average molecular weight is 261 g/mol. The van der Waals surface area contributed by atoms with Crippen molar-refractivity contribution in [1.82, 2.24) is 15.1 Å². The molecule has 1 saturated heterocycles. The van der Waals surface area contributed by atoms with Crippen LogP contribution in [0.25, 0.3) is 0 Å². The molecule has 0 saturated carbocycles. The fraction of sp³-hybridized carbons (Fsp3) is 0.750. The van der Waals surface area contributed by atoms with E-state index >= 15 is 0 Å². The highest BCUT2D eigenvalue weighted by Crippen LogP contribution is 2.34. The van der Waals surface area contributed by atoms with E-state index < -0.39 is 12.1 Å². The summed E-state index contributed by atoms with van der Waals surface area (Å²) in [4.78, 5) is 0. The Kier molecular flexibility index (Phi) is 3.94. The van der Waals surface area contributed by atoms with E-state index in [4.69, 9.17) is 0 Å². The second-order valence-electron chi connectivity index (χ2n) is 4.82. The van der Waals surface area contributed by atoms with Gasteiger partial charge in [0.05, 0.1) is 12.1 Å². The Morgan fingerprint density at radius 1 is 1.50 bits per heavy atom. The molecule has 18 heavy (non-hydrogen) atoms. The normalized spacial score (nSPS) is 25.3. The van der Waals surface area contributed by atoms with Crippen LogP contribution in [0.4, 0.5) is 13.2 Å². The maximum absolute atomic E-state index is 12.7. The molecule has 0 spiro atoms. The molecule has 6 heteroatoms. The zero-order valence-electron chi connectivity index (χ0n) is 10.4. The summed E-state index contributed by atoms with van der Waals surface area (Å²) >= 11 is 0. The number of aryl methyl sites for hydroxylation is 1. The summed E-state index contributed by atoms with van der Waals surface area (Å²) in [6, 6.07) is -0.0973. The molecule has 1 aromatic heterocycles. The number of nitrogens with zero attached hydrogens (tertiary/aromatic N) is 2. The van der Waals surface area contributed by atoms with Crippen molar-refractivity contribution in [2.24, 2.45) is 5.92 Å². The van der Waals surface area contributed by atoms with Crippen molar-refractivity contribution < 1.29 is 13.2 Å². The lowest BCUT2D eigenvalue weighted by Crippen LogP contribution is -2.43. The molecular formula is C12H18F3N3. The van der Waals surface area contributed by atoms with E-state index in [1.807, 2.05) is 13.1 Å². The van der Waals surface area contributed by atoms with Gasteiger partial charge in [-0.1, -0.05) is 0 Å². The highest BCUT2D eigenvalue weighted by Gasteiger charge is 2.42. The van der Waals surface area contributed by atoms with Crippen molar-refractivity contribution in [3.8, 4) is 0 Å². The number of hydrogen-bond acceptors (Lipinski definition) is 2. The number of nitrogens with one attached hydrogen (secondary N) is 1. The van der Waals surface area contributed by atoms with Crippen LogP contribution in [0.1, 0.15) is 25.3 Å². The lowest BCUT2D eigenvalue weighted by Gasteiger charge is -2.31. The van der Waals surface area contributed by atoms with Crippen molar-refractivity contribution in [2.75, 3.05) is 6.54 Å². The Morgan fingerprint density at radius 3 is 2.89 bits per heavy atom. The van der Waals surface area contributed by atoms with Crippen LogP contribution in [0.2, 0.25) is 0 Å². The highest BCUT2D eigenvalue weighted by molar-refractivity contribution is 5.07. The minimum atomic E-state index is -4.06. The Morgan fingerprint density at radius 2 is 2.28 bits per heavy atom. The summed E-state index contributed by atoms with van der Waals surface area (Å²) in [5.41, 5.74) is 0.997. The van der Waals surface area contributed by atoms with E-state index in [0.717, 1.165) is 12.1 Å². The predicted octanol–water partition coefficient (Wildman–Crippen LogP) is 2.38. The molecule has 2 atom stereocenters. The summed E-state index contributed by atoms with van der Waals surface area (Å²) in [7, 11) is 0. The minimum absolute atomic E-state index is 0.0973. The highest BCUT2D eigenvalue weighted by atomic mass is 19.4. The van der Waals surface area contributed by atoms with Crippen LogP contribution in [0.3, 0.4) is 0 Å². The SMILES string of the molecule is CCn1cc(CC2CC(C(F)(F)F)CCN2)cn1. The van der Waals surface area contributed by atoms with Gasteiger partial charge in [0.1, 0.15) is 0 Å².